The summed E-state index contributed by atoms with van der Waals surface area (Å²) in [7, 11) is 0. The van der Waals surface area contributed by atoms with Gasteiger partial charge >= 0.3 is 0 Å². The van der Waals surface area contributed by atoms with E-state index in [1.165, 1.54) is 35.1 Å². The fourth-order valence-electron chi connectivity index (χ4n) is 4.50. The van der Waals surface area contributed by atoms with Gasteiger partial charge in [0, 0.05) is 30.4 Å². The number of carbonyl (C=O) groups is 1. The Bertz CT molecular complexity index is 1070. The van der Waals surface area contributed by atoms with Crippen LogP contribution in [0, 0.1) is 6.92 Å². The number of hydrogen-bond donors (Lipinski definition) is 1. The van der Waals surface area contributed by atoms with Crippen LogP contribution in [0.1, 0.15) is 53.3 Å². The molecule has 0 saturated carbocycles. The molecule has 0 spiro atoms. The molecule has 2 aromatic heterocycles. The molecule has 0 unspecified atom stereocenters. The van der Waals surface area contributed by atoms with Crippen molar-refractivity contribution in [2.45, 2.75) is 51.5 Å². The van der Waals surface area contributed by atoms with Crippen molar-refractivity contribution in [2.24, 2.45) is 0 Å². The molecule has 1 N–H and O–H groups in total. The Hall–Kier alpha value is -3.29. The molecule has 3 aromatic rings. The largest absolute Gasteiger partial charge is 0.356 e. The molecule has 0 atom stereocenters. The zero-order chi connectivity index (χ0) is 21.2. The van der Waals surface area contributed by atoms with Crippen LogP contribution in [0.5, 0.6) is 0 Å². The van der Waals surface area contributed by atoms with Gasteiger partial charge in [-0.05, 0) is 57.6 Å². The minimum absolute atomic E-state index is 0.129. The first kappa shape index (κ1) is 19.7. The highest BCUT2D eigenvalue weighted by atomic mass is 16.2. The first-order valence-corrected chi connectivity index (χ1v) is 11.1. The molecule has 1 aliphatic heterocycles. The third-order valence-corrected chi connectivity index (χ3v) is 6.11. The summed E-state index contributed by atoms with van der Waals surface area (Å²) in [5.74, 6) is 1.79. The Balaban J connectivity index is 1.22. The lowest BCUT2D eigenvalue weighted by molar-refractivity contribution is 0.0925. The molecule has 2 aliphatic rings. The first-order chi connectivity index (χ1) is 15.2. The standard InChI is InChI=1S/C23H27N7O/c1-16-25-20-10-6-5-9-19(20)22(26-16)29-13-11-17(12-14-29)27-23(31)21-15-24-30(28-21)18-7-3-2-4-8-18/h2-4,7-8,15,17H,5-6,9-14H2,1H3,(H,27,31). The number of amides is 1. The predicted octanol–water partition coefficient (Wildman–Crippen LogP) is 2.64. The first-order valence-electron chi connectivity index (χ1n) is 11.1. The van der Waals surface area contributed by atoms with Crippen LogP contribution in [0.15, 0.2) is 36.5 Å². The summed E-state index contributed by atoms with van der Waals surface area (Å²) in [6.07, 6.45) is 7.84. The SMILES string of the molecule is Cc1nc2c(c(N3CCC(NC(=O)c4cnn(-c5ccccc5)n4)CC3)n1)CCCC2. The van der Waals surface area contributed by atoms with E-state index in [-0.39, 0.29) is 11.9 Å². The van der Waals surface area contributed by atoms with Crippen molar-refractivity contribution < 1.29 is 4.79 Å². The maximum atomic E-state index is 12.7. The van der Waals surface area contributed by atoms with E-state index in [0.29, 0.717) is 5.69 Å². The molecule has 160 valence electrons. The van der Waals surface area contributed by atoms with E-state index >= 15 is 0 Å². The third-order valence-electron chi connectivity index (χ3n) is 6.11. The molecule has 1 aliphatic carbocycles. The van der Waals surface area contributed by atoms with Crippen molar-refractivity contribution in [3.05, 3.63) is 59.3 Å². The second kappa shape index (κ2) is 8.45. The van der Waals surface area contributed by atoms with Gasteiger partial charge in [0.2, 0.25) is 0 Å². The van der Waals surface area contributed by atoms with Gasteiger partial charge in [0.1, 0.15) is 11.6 Å². The molecule has 8 nitrogen and oxygen atoms in total. The fraction of sp³-hybridized carbons (Fsp3) is 0.435. The number of para-hydroxylation sites is 1. The van der Waals surface area contributed by atoms with E-state index in [0.717, 1.165) is 56.1 Å². The number of aryl methyl sites for hydroxylation is 2. The lowest BCUT2D eigenvalue weighted by atomic mass is 9.95. The smallest absolute Gasteiger partial charge is 0.273 e. The Labute approximate surface area is 181 Å². The number of nitrogens with zero attached hydrogens (tertiary/aromatic N) is 6. The van der Waals surface area contributed by atoms with E-state index in [4.69, 9.17) is 4.98 Å². The lowest BCUT2D eigenvalue weighted by Crippen LogP contribution is -2.45. The fourth-order valence-corrected chi connectivity index (χ4v) is 4.50. The number of fused-ring (bicyclic) bond motifs is 1. The molecule has 0 radical (unpaired) electrons. The summed E-state index contributed by atoms with van der Waals surface area (Å²) in [5, 5.41) is 11.7. The number of anilines is 1. The summed E-state index contributed by atoms with van der Waals surface area (Å²) in [5.41, 5.74) is 3.73. The van der Waals surface area contributed by atoms with Crippen LogP contribution in [0.2, 0.25) is 0 Å². The Morgan fingerprint density at radius 2 is 1.84 bits per heavy atom. The number of rotatable bonds is 4. The highest BCUT2D eigenvalue weighted by Crippen LogP contribution is 2.29. The van der Waals surface area contributed by atoms with Crippen LogP contribution in [-0.4, -0.2) is 50.0 Å². The van der Waals surface area contributed by atoms with Crippen molar-refractivity contribution >= 4 is 11.7 Å². The van der Waals surface area contributed by atoms with Gasteiger partial charge < -0.3 is 10.2 Å². The van der Waals surface area contributed by atoms with Gasteiger partial charge in [-0.2, -0.15) is 9.90 Å². The number of benzene rings is 1. The van der Waals surface area contributed by atoms with Crippen LogP contribution >= 0.6 is 0 Å². The van der Waals surface area contributed by atoms with Gasteiger partial charge in [-0.15, -0.1) is 5.10 Å². The number of nitrogens with one attached hydrogen (secondary N) is 1. The van der Waals surface area contributed by atoms with Crippen molar-refractivity contribution in [1.82, 2.24) is 30.3 Å². The number of carbonyl (C=O) groups excluding carboxylic acids is 1. The number of piperidine rings is 1. The molecule has 31 heavy (non-hydrogen) atoms. The van der Waals surface area contributed by atoms with Gasteiger partial charge in [-0.1, -0.05) is 18.2 Å². The zero-order valence-electron chi connectivity index (χ0n) is 17.8. The maximum absolute atomic E-state index is 12.7. The molecular weight excluding hydrogens is 390 g/mol. The average Bonchev–Trinajstić information content (AvgIpc) is 3.30. The molecule has 8 heteroatoms. The minimum atomic E-state index is -0.170. The molecule has 5 rings (SSSR count). The normalized spacial score (nSPS) is 16.7. The Morgan fingerprint density at radius 3 is 2.65 bits per heavy atom. The third kappa shape index (κ3) is 4.15. The van der Waals surface area contributed by atoms with Crippen molar-refractivity contribution in [3.63, 3.8) is 0 Å². The molecule has 1 amide bonds. The molecular formula is C23H27N7O. The Kier molecular flexibility index (Phi) is 5.36. The molecule has 1 fully saturated rings. The number of aromatic nitrogens is 5. The highest BCUT2D eigenvalue weighted by molar-refractivity contribution is 5.92. The second-order valence-corrected chi connectivity index (χ2v) is 8.32. The van der Waals surface area contributed by atoms with Crippen LogP contribution in [0.4, 0.5) is 5.82 Å². The van der Waals surface area contributed by atoms with Gasteiger partial charge in [0.15, 0.2) is 5.69 Å². The summed E-state index contributed by atoms with van der Waals surface area (Å²) in [4.78, 5) is 26.0. The van der Waals surface area contributed by atoms with E-state index < -0.39 is 0 Å². The van der Waals surface area contributed by atoms with Crippen molar-refractivity contribution in [3.8, 4) is 5.69 Å². The minimum Gasteiger partial charge on any atom is -0.356 e. The summed E-state index contributed by atoms with van der Waals surface area (Å²) < 4.78 is 0. The maximum Gasteiger partial charge on any atom is 0.273 e. The summed E-state index contributed by atoms with van der Waals surface area (Å²) in [6, 6.07) is 9.72. The quantitative estimate of drug-likeness (QED) is 0.702. The Morgan fingerprint density at radius 1 is 1.06 bits per heavy atom. The number of hydrogen-bond acceptors (Lipinski definition) is 6. The van der Waals surface area contributed by atoms with Gasteiger partial charge in [-0.25, -0.2) is 9.97 Å². The zero-order valence-corrected chi connectivity index (χ0v) is 17.8. The monoisotopic (exact) mass is 417 g/mol. The van der Waals surface area contributed by atoms with Crippen LogP contribution in [0.25, 0.3) is 5.69 Å². The van der Waals surface area contributed by atoms with E-state index in [1.54, 1.807) is 0 Å². The molecule has 3 heterocycles. The average molecular weight is 418 g/mol. The van der Waals surface area contributed by atoms with Gasteiger partial charge in [-0.3, -0.25) is 4.79 Å². The molecule has 1 aromatic carbocycles. The van der Waals surface area contributed by atoms with E-state index in [1.807, 2.05) is 37.3 Å². The van der Waals surface area contributed by atoms with Crippen molar-refractivity contribution in [2.75, 3.05) is 18.0 Å². The predicted molar refractivity (Wildman–Crippen MR) is 117 cm³/mol. The van der Waals surface area contributed by atoms with Crippen LogP contribution in [-0.2, 0) is 12.8 Å². The van der Waals surface area contributed by atoms with Crippen molar-refractivity contribution in [1.29, 1.82) is 0 Å². The highest BCUT2D eigenvalue weighted by Gasteiger charge is 2.26. The lowest BCUT2D eigenvalue weighted by Gasteiger charge is -2.35. The van der Waals surface area contributed by atoms with Crippen LogP contribution in [0.3, 0.4) is 0 Å². The van der Waals surface area contributed by atoms with E-state index in [2.05, 4.69) is 25.4 Å². The topological polar surface area (TPSA) is 88.8 Å². The summed E-state index contributed by atoms with van der Waals surface area (Å²) >= 11 is 0. The van der Waals surface area contributed by atoms with Gasteiger partial charge in [0.25, 0.3) is 5.91 Å². The van der Waals surface area contributed by atoms with Gasteiger partial charge in [0.05, 0.1) is 11.9 Å². The summed E-state index contributed by atoms with van der Waals surface area (Å²) in [6.45, 7) is 3.74. The second-order valence-electron chi connectivity index (χ2n) is 8.32. The van der Waals surface area contributed by atoms with E-state index in [9.17, 15) is 4.79 Å². The molecule has 1 saturated heterocycles. The molecule has 0 bridgehead atoms. The van der Waals surface area contributed by atoms with Crippen LogP contribution < -0.4 is 10.2 Å².